The summed E-state index contributed by atoms with van der Waals surface area (Å²) < 4.78 is 5.74. The third kappa shape index (κ3) is 5.95. The van der Waals surface area contributed by atoms with Crippen LogP contribution in [0.5, 0.6) is 5.75 Å². The van der Waals surface area contributed by atoms with Crippen molar-refractivity contribution in [3.05, 3.63) is 24.3 Å². The van der Waals surface area contributed by atoms with Crippen molar-refractivity contribution in [1.82, 2.24) is 5.32 Å². The molecule has 0 fully saturated rings. The average molecular weight is 278 g/mol. The third-order valence-electron chi connectivity index (χ3n) is 2.92. The van der Waals surface area contributed by atoms with Gasteiger partial charge in [-0.1, -0.05) is 32.9 Å². The second kappa shape index (κ2) is 8.46. The van der Waals surface area contributed by atoms with Gasteiger partial charge in [0.15, 0.2) is 0 Å². The number of benzene rings is 1. The molecule has 1 unspecified atom stereocenters. The Bertz CT molecular complexity index is 419. The average Bonchev–Trinajstić information content (AvgIpc) is 2.43. The lowest BCUT2D eigenvalue weighted by atomic mass is 10.2. The fraction of sp³-hybridized carbons (Fsp3) is 0.562. The summed E-state index contributed by atoms with van der Waals surface area (Å²) in [5.41, 5.74) is 0.854. The SMILES string of the molecule is CCC(C)NC(=O)CNc1ccccc1OCC(C)C. The maximum atomic E-state index is 11.7. The lowest BCUT2D eigenvalue weighted by Crippen LogP contribution is -2.36. The molecule has 1 amide bonds. The minimum Gasteiger partial charge on any atom is -0.491 e. The monoisotopic (exact) mass is 278 g/mol. The first-order valence-electron chi connectivity index (χ1n) is 7.28. The molecule has 0 saturated heterocycles. The normalized spacial score (nSPS) is 12.1. The second-order valence-corrected chi connectivity index (χ2v) is 5.43. The Kier molecular flexibility index (Phi) is 6.91. The van der Waals surface area contributed by atoms with Gasteiger partial charge in [-0.3, -0.25) is 4.79 Å². The molecule has 1 rings (SSSR count). The van der Waals surface area contributed by atoms with E-state index in [0.717, 1.165) is 17.9 Å². The first-order valence-corrected chi connectivity index (χ1v) is 7.28. The molecule has 112 valence electrons. The lowest BCUT2D eigenvalue weighted by molar-refractivity contribution is -0.120. The van der Waals surface area contributed by atoms with E-state index in [4.69, 9.17) is 4.74 Å². The summed E-state index contributed by atoms with van der Waals surface area (Å²) in [6, 6.07) is 7.90. The van der Waals surface area contributed by atoms with Crippen LogP contribution in [-0.2, 0) is 4.79 Å². The number of amides is 1. The quantitative estimate of drug-likeness (QED) is 0.768. The van der Waals surface area contributed by atoms with Crippen molar-refractivity contribution in [2.24, 2.45) is 5.92 Å². The Hall–Kier alpha value is -1.71. The van der Waals surface area contributed by atoms with E-state index in [-0.39, 0.29) is 18.5 Å². The molecule has 1 aromatic rings. The third-order valence-corrected chi connectivity index (χ3v) is 2.92. The van der Waals surface area contributed by atoms with Gasteiger partial charge in [-0.25, -0.2) is 0 Å². The Morgan fingerprint density at radius 3 is 2.60 bits per heavy atom. The zero-order chi connectivity index (χ0) is 15.0. The van der Waals surface area contributed by atoms with Crippen molar-refractivity contribution in [1.29, 1.82) is 0 Å². The van der Waals surface area contributed by atoms with Crippen LogP contribution in [0.15, 0.2) is 24.3 Å². The highest BCUT2D eigenvalue weighted by Gasteiger charge is 2.08. The van der Waals surface area contributed by atoms with E-state index < -0.39 is 0 Å². The maximum Gasteiger partial charge on any atom is 0.239 e. The molecule has 0 aromatic heterocycles. The van der Waals surface area contributed by atoms with Crippen molar-refractivity contribution < 1.29 is 9.53 Å². The highest BCUT2D eigenvalue weighted by Crippen LogP contribution is 2.23. The molecule has 0 saturated carbocycles. The molecule has 0 radical (unpaired) electrons. The van der Waals surface area contributed by atoms with Crippen molar-refractivity contribution in [2.75, 3.05) is 18.5 Å². The number of nitrogens with one attached hydrogen (secondary N) is 2. The summed E-state index contributed by atoms with van der Waals surface area (Å²) in [7, 11) is 0. The van der Waals surface area contributed by atoms with E-state index in [1.165, 1.54) is 0 Å². The van der Waals surface area contributed by atoms with Gasteiger partial charge in [-0.05, 0) is 31.4 Å². The Morgan fingerprint density at radius 1 is 1.25 bits per heavy atom. The fourth-order valence-corrected chi connectivity index (χ4v) is 1.60. The summed E-state index contributed by atoms with van der Waals surface area (Å²) >= 11 is 0. The lowest BCUT2D eigenvalue weighted by Gasteiger charge is -2.15. The van der Waals surface area contributed by atoms with E-state index in [2.05, 4.69) is 24.5 Å². The largest absolute Gasteiger partial charge is 0.491 e. The molecular formula is C16H26N2O2. The van der Waals surface area contributed by atoms with Crippen LogP contribution in [0.25, 0.3) is 0 Å². The smallest absolute Gasteiger partial charge is 0.239 e. The van der Waals surface area contributed by atoms with Gasteiger partial charge < -0.3 is 15.4 Å². The van der Waals surface area contributed by atoms with Crippen LogP contribution in [-0.4, -0.2) is 25.1 Å². The molecule has 0 aliphatic rings. The number of para-hydroxylation sites is 2. The van der Waals surface area contributed by atoms with Crippen molar-refractivity contribution in [3.8, 4) is 5.75 Å². The molecule has 0 spiro atoms. The zero-order valence-corrected chi connectivity index (χ0v) is 12.9. The van der Waals surface area contributed by atoms with E-state index in [1.54, 1.807) is 0 Å². The molecule has 1 aromatic carbocycles. The molecular weight excluding hydrogens is 252 g/mol. The van der Waals surface area contributed by atoms with Crippen LogP contribution < -0.4 is 15.4 Å². The molecule has 0 aliphatic carbocycles. The zero-order valence-electron chi connectivity index (χ0n) is 12.9. The molecule has 0 heterocycles. The van der Waals surface area contributed by atoms with Gasteiger partial charge in [0.05, 0.1) is 18.8 Å². The highest BCUT2D eigenvalue weighted by molar-refractivity contribution is 5.81. The van der Waals surface area contributed by atoms with Crippen LogP contribution in [0.4, 0.5) is 5.69 Å². The summed E-state index contributed by atoms with van der Waals surface area (Å²) in [6.45, 7) is 9.18. The van der Waals surface area contributed by atoms with Gasteiger partial charge in [0.1, 0.15) is 5.75 Å². The standard InChI is InChI=1S/C16H26N2O2/c1-5-13(4)18-16(19)10-17-14-8-6-7-9-15(14)20-11-12(2)3/h6-9,12-13,17H,5,10-11H2,1-4H3,(H,18,19). The Morgan fingerprint density at radius 2 is 1.95 bits per heavy atom. The highest BCUT2D eigenvalue weighted by atomic mass is 16.5. The first-order chi connectivity index (χ1) is 9.52. The van der Waals surface area contributed by atoms with Crippen LogP contribution in [0.3, 0.4) is 0 Å². The predicted octanol–water partition coefficient (Wildman–Crippen LogP) is 3.05. The number of carbonyl (C=O) groups excluding carboxylic acids is 1. The minimum atomic E-state index is -0.00184. The first kappa shape index (κ1) is 16.3. The van der Waals surface area contributed by atoms with Crippen LogP contribution in [0.2, 0.25) is 0 Å². The summed E-state index contributed by atoms with van der Waals surface area (Å²) in [6.07, 6.45) is 0.930. The summed E-state index contributed by atoms with van der Waals surface area (Å²) in [4.78, 5) is 11.7. The van der Waals surface area contributed by atoms with Crippen molar-refractivity contribution in [3.63, 3.8) is 0 Å². The number of hydrogen-bond acceptors (Lipinski definition) is 3. The fourth-order valence-electron chi connectivity index (χ4n) is 1.60. The van der Waals surface area contributed by atoms with E-state index in [1.807, 2.05) is 38.1 Å². The minimum absolute atomic E-state index is 0.00184. The van der Waals surface area contributed by atoms with Gasteiger partial charge >= 0.3 is 0 Å². The Labute approximate surface area is 121 Å². The molecule has 0 bridgehead atoms. The second-order valence-electron chi connectivity index (χ2n) is 5.43. The number of ether oxygens (including phenoxy) is 1. The maximum absolute atomic E-state index is 11.7. The number of rotatable bonds is 8. The van der Waals surface area contributed by atoms with Gasteiger partial charge in [0.25, 0.3) is 0 Å². The van der Waals surface area contributed by atoms with Crippen molar-refractivity contribution in [2.45, 2.75) is 40.2 Å². The topological polar surface area (TPSA) is 50.4 Å². The van der Waals surface area contributed by atoms with E-state index >= 15 is 0 Å². The van der Waals surface area contributed by atoms with Crippen LogP contribution in [0.1, 0.15) is 34.1 Å². The van der Waals surface area contributed by atoms with Gasteiger partial charge in [-0.15, -0.1) is 0 Å². The van der Waals surface area contributed by atoms with Crippen molar-refractivity contribution >= 4 is 11.6 Å². The predicted molar refractivity (Wildman–Crippen MR) is 83.2 cm³/mol. The van der Waals surface area contributed by atoms with Crippen LogP contribution in [0, 0.1) is 5.92 Å². The number of anilines is 1. The van der Waals surface area contributed by atoms with Crippen LogP contribution >= 0.6 is 0 Å². The van der Waals surface area contributed by atoms with E-state index in [9.17, 15) is 4.79 Å². The van der Waals surface area contributed by atoms with Gasteiger partial charge in [0.2, 0.25) is 5.91 Å². The van der Waals surface area contributed by atoms with Gasteiger partial charge in [0, 0.05) is 6.04 Å². The number of hydrogen-bond donors (Lipinski definition) is 2. The number of carbonyl (C=O) groups is 1. The molecule has 2 N–H and O–H groups in total. The summed E-state index contributed by atoms with van der Waals surface area (Å²) in [5.74, 6) is 1.26. The molecule has 4 heteroatoms. The molecule has 1 atom stereocenters. The molecule has 0 aliphatic heterocycles. The van der Waals surface area contributed by atoms with Gasteiger partial charge in [-0.2, -0.15) is 0 Å². The molecule has 20 heavy (non-hydrogen) atoms. The van der Waals surface area contributed by atoms with E-state index in [0.29, 0.717) is 12.5 Å². The summed E-state index contributed by atoms with van der Waals surface area (Å²) in [5, 5.41) is 6.06. The Balaban J connectivity index is 2.52. The molecule has 4 nitrogen and oxygen atoms in total.